The molecule has 284 valence electrons. The van der Waals surface area contributed by atoms with Crippen molar-refractivity contribution in [3.63, 3.8) is 0 Å². The van der Waals surface area contributed by atoms with Crippen LogP contribution in [0, 0.1) is 0 Å². The predicted molar refractivity (Wildman–Crippen MR) is 251 cm³/mol. The lowest BCUT2D eigenvalue weighted by Gasteiger charge is -2.29. The molecular formula is C57H40N2O. The van der Waals surface area contributed by atoms with Crippen molar-refractivity contribution in [2.75, 3.05) is 4.90 Å². The highest BCUT2D eigenvalue weighted by molar-refractivity contribution is 6.17. The van der Waals surface area contributed by atoms with E-state index in [2.05, 4.69) is 230 Å². The molecule has 0 radical (unpaired) electrons. The third-order valence-corrected chi connectivity index (χ3v) is 12.8. The van der Waals surface area contributed by atoms with Gasteiger partial charge in [-0.15, -0.1) is 0 Å². The van der Waals surface area contributed by atoms with E-state index in [4.69, 9.17) is 4.42 Å². The van der Waals surface area contributed by atoms with Crippen molar-refractivity contribution in [3.8, 4) is 39.1 Å². The minimum absolute atomic E-state index is 0.142. The molecular weight excluding hydrogens is 729 g/mol. The molecule has 9 aromatic carbocycles. The van der Waals surface area contributed by atoms with E-state index >= 15 is 0 Å². The van der Waals surface area contributed by atoms with E-state index < -0.39 is 0 Å². The maximum Gasteiger partial charge on any atom is 0.137 e. The van der Waals surface area contributed by atoms with Crippen molar-refractivity contribution in [2.45, 2.75) is 19.3 Å². The molecule has 0 unspecified atom stereocenters. The Morgan fingerprint density at radius 2 is 1.08 bits per heavy atom. The molecule has 3 heteroatoms. The van der Waals surface area contributed by atoms with Crippen LogP contribution in [-0.2, 0) is 5.41 Å². The Kier molecular flexibility index (Phi) is 7.58. The Labute approximate surface area is 349 Å². The molecule has 0 bridgehead atoms. The summed E-state index contributed by atoms with van der Waals surface area (Å²) in [5, 5.41) is 4.64. The van der Waals surface area contributed by atoms with E-state index in [1.165, 1.54) is 60.8 Å². The van der Waals surface area contributed by atoms with E-state index in [9.17, 15) is 0 Å². The second kappa shape index (κ2) is 13.2. The van der Waals surface area contributed by atoms with Crippen molar-refractivity contribution in [1.29, 1.82) is 0 Å². The fraction of sp³-hybridized carbons (Fsp3) is 0.0526. The van der Waals surface area contributed by atoms with Gasteiger partial charge in [0.05, 0.1) is 27.8 Å². The molecule has 0 aliphatic heterocycles. The van der Waals surface area contributed by atoms with Crippen LogP contribution < -0.4 is 4.90 Å². The first kappa shape index (κ1) is 34.4. The van der Waals surface area contributed by atoms with Gasteiger partial charge in [0.2, 0.25) is 0 Å². The summed E-state index contributed by atoms with van der Waals surface area (Å²) in [7, 11) is 0. The van der Waals surface area contributed by atoms with Crippen LogP contribution in [0.2, 0.25) is 0 Å². The maximum atomic E-state index is 6.76. The second-order valence-electron chi connectivity index (χ2n) is 16.5. The van der Waals surface area contributed by atoms with Gasteiger partial charge < -0.3 is 13.9 Å². The van der Waals surface area contributed by atoms with Crippen LogP contribution in [0.3, 0.4) is 0 Å². The van der Waals surface area contributed by atoms with Crippen LogP contribution in [0.1, 0.15) is 25.0 Å². The first-order valence-electron chi connectivity index (χ1n) is 20.8. The molecule has 0 N–H and O–H groups in total. The van der Waals surface area contributed by atoms with Crippen LogP contribution in [0.25, 0.3) is 82.8 Å². The normalized spacial score (nSPS) is 13.0. The van der Waals surface area contributed by atoms with Crippen molar-refractivity contribution in [3.05, 3.63) is 217 Å². The van der Waals surface area contributed by atoms with Crippen molar-refractivity contribution < 1.29 is 4.42 Å². The SMILES string of the molecule is CC1(C)c2ccccc2-c2c(N(c3ccc(-c4ccccc4)cc3)c3cccc4oc5ccc(-c6cccc7c8ccccc8n(-c8ccccc8)c67)cc5c34)cccc21. The van der Waals surface area contributed by atoms with E-state index in [0.29, 0.717) is 0 Å². The molecule has 11 aromatic rings. The van der Waals surface area contributed by atoms with Gasteiger partial charge in [-0.1, -0.05) is 159 Å². The standard InChI is InChI=1S/C57H40N2O/c1-57(2)47-24-11-9-21-45(47)54-48(57)25-14-27-50(54)58(41-33-30-38(31-34-41)37-16-5-3-6-17-37)51-28-15-29-53-55(51)46-36-39(32-35-52(46)60-53)42-22-13-23-44-43-20-10-12-26-49(43)59(56(42)44)40-18-7-4-8-19-40/h3-36H,1-2H3. The lowest BCUT2D eigenvalue weighted by molar-refractivity contribution is 0.660. The Morgan fingerprint density at radius 3 is 1.93 bits per heavy atom. The summed E-state index contributed by atoms with van der Waals surface area (Å²) in [5.74, 6) is 0. The third-order valence-electron chi connectivity index (χ3n) is 12.8. The molecule has 2 heterocycles. The predicted octanol–water partition coefficient (Wildman–Crippen LogP) is 15.8. The van der Waals surface area contributed by atoms with Gasteiger partial charge in [-0.25, -0.2) is 0 Å². The third kappa shape index (κ3) is 5.09. The van der Waals surface area contributed by atoms with Crippen molar-refractivity contribution in [1.82, 2.24) is 4.57 Å². The molecule has 1 aliphatic rings. The van der Waals surface area contributed by atoms with E-state index in [0.717, 1.165) is 50.3 Å². The summed E-state index contributed by atoms with van der Waals surface area (Å²) < 4.78 is 9.18. The number of hydrogen-bond acceptors (Lipinski definition) is 2. The summed E-state index contributed by atoms with van der Waals surface area (Å²) in [5.41, 5.74) is 18.3. The van der Waals surface area contributed by atoms with E-state index in [1.807, 2.05) is 0 Å². The number of benzene rings is 9. The molecule has 1 aliphatic carbocycles. The molecule has 2 aromatic heterocycles. The number of para-hydroxylation sites is 3. The number of rotatable bonds is 6. The van der Waals surface area contributed by atoms with Gasteiger partial charge in [-0.2, -0.15) is 0 Å². The Bertz CT molecular complexity index is 3450. The van der Waals surface area contributed by atoms with Gasteiger partial charge in [-0.3, -0.25) is 0 Å². The quantitative estimate of drug-likeness (QED) is 0.168. The highest BCUT2D eigenvalue weighted by Gasteiger charge is 2.38. The number of anilines is 3. The number of hydrogen-bond donors (Lipinski definition) is 0. The van der Waals surface area contributed by atoms with Gasteiger partial charge in [0.25, 0.3) is 0 Å². The first-order chi connectivity index (χ1) is 29.5. The molecule has 0 fully saturated rings. The zero-order chi connectivity index (χ0) is 40.0. The van der Waals surface area contributed by atoms with Gasteiger partial charge in [0, 0.05) is 44.1 Å². The van der Waals surface area contributed by atoms with Crippen molar-refractivity contribution >= 4 is 60.8 Å². The number of fused-ring (bicyclic) bond motifs is 9. The van der Waals surface area contributed by atoms with Gasteiger partial charge in [-0.05, 0) is 94.0 Å². The second-order valence-corrected chi connectivity index (χ2v) is 16.5. The van der Waals surface area contributed by atoms with Gasteiger partial charge in [0.1, 0.15) is 11.2 Å². The Balaban J connectivity index is 1.12. The van der Waals surface area contributed by atoms with E-state index in [1.54, 1.807) is 0 Å². The fourth-order valence-corrected chi connectivity index (χ4v) is 10.0. The minimum atomic E-state index is -0.142. The van der Waals surface area contributed by atoms with Crippen LogP contribution in [-0.4, -0.2) is 4.57 Å². The monoisotopic (exact) mass is 768 g/mol. The fourth-order valence-electron chi connectivity index (χ4n) is 10.0. The molecule has 3 nitrogen and oxygen atoms in total. The summed E-state index contributed by atoms with van der Waals surface area (Å²) >= 11 is 0. The summed E-state index contributed by atoms with van der Waals surface area (Å²) in [6, 6.07) is 74.8. The average molecular weight is 769 g/mol. The number of aromatic nitrogens is 1. The maximum absolute atomic E-state index is 6.76. The zero-order valence-electron chi connectivity index (χ0n) is 33.4. The minimum Gasteiger partial charge on any atom is -0.456 e. The smallest absolute Gasteiger partial charge is 0.137 e. The average Bonchev–Trinajstić information content (AvgIpc) is 3.93. The zero-order valence-corrected chi connectivity index (χ0v) is 33.4. The van der Waals surface area contributed by atoms with Crippen LogP contribution in [0.15, 0.2) is 211 Å². The molecule has 0 saturated carbocycles. The molecule has 60 heavy (non-hydrogen) atoms. The highest BCUT2D eigenvalue weighted by atomic mass is 16.3. The van der Waals surface area contributed by atoms with Crippen LogP contribution >= 0.6 is 0 Å². The largest absolute Gasteiger partial charge is 0.456 e. The number of furan rings is 1. The van der Waals surface area contributed by atoms with Gasteiger partial charge >= 0.3 is 0 Å². The Hall–Kier alpha value is -7.62. The topological polar surface area (TPSA) is 21.3 Å². The summed E-state index contributed by atoms with van der Waals surface area (Å²) in [6.45, 7) is 4.70. The molecule has 0 spiro atoms. The molecule has 12 rings (SSSR count). The highest BCUT2D eigenvalue weighted by Crippen LogP contribution is 2.55. The lowest BCUT2D eigenvalue weighted by Crippen LogP contribution is -2.16. The molecule has 0 saturated heterocycles. The van der Waals surface area contributed by atoms with Gasteiger partial charge in [0.15, 0.2) is 0 Å². The van der Waals surface area contributed by atoms with Crippen molar-refractivity contribution in [2.24, 2.45) is 0 Å². The Morgan fingerprint density at radius 1 is 0.450 bits per heavy atom. The number of nitrogens with zero attached hydrogens (tertiary/aromatic N) is 2. The van der Waals surface area contributed by atoms with E-state index in [-0.39, 0.29) is 5.41 Å². The van der Waals surface area contributed by atoms with Crippen LogP contribution in [0.5, 0.6) is 0 Å². The molecule has 0 amide bonds. The molecule has 0 atom stereocenters. The van der Waals surface area contributed by atoms with Crippen LogP contribution in [0.4, 0.5) is 17.1 Å². The summed E-state index contributed by atoms with van der Waals surface area (Å²) in [6.07, 6.45) is 0. The lowest BCUT2D eigenvalue weighted by atomic mass is 9.82. The first-order valence-corrected chi connectivity index (χ1v) is 20.8. The summed E-state index contributed by atoms with van der Waals surface area (Å²) in [4.78, 5) is 2.46.